The minimum atomic E-state index is 0.504. The van der Waals surface area contributed by atoms with E-state index in [1.54, 1.807) is 0 Å². The fraction of sp³-hybridized carbons (Fsp3) is 1.00. The van der Waals surface area contributed by atoms with Crippen LogP contribution in [0.3, 0.4) is 0 Å². The Bertz CT molecular complexity index is 88.9. The summed E-state index contributed by atoms with van der Waals surface area (Å²) in [5.74, 6) is 0. The maximum atomic E-state index is 2.34. The fourth-order valence-corrected chi connectivity index (χ4v) is 1.30. The molecule has 0 fully saturated rings. The first-order valence-electron chi connectivity index (χ1n) is 4.15. The second-order valence-electron chi connectivity index (χ2n) is 5.45. The van der Waals surface area contributed by atoms with Gasteiger partial charge in [0.15, 0.2) is 0 Å². The van der Waals surface area contributed by atoms with E-state index < -0.39 is 0 Å². The van der Waals surface area contributed by atoms with E-state index in [4.69, 9.17) is 0 Å². The van der Waals surface area contributed by atoms with Crippen molar-refractivity contribution in [1.29, 1.82) is 0 Å². The van der Waals surface area contributed by atoms with Gasteiger partial charge in [-0.1, -0.05) is 46.3 Å². The summed E-state index contributed by atoms with van der Waals surface area (Å²) in [6, 6.07) is 0. The van der Waals surface area contributed by atoms with Crippen molar-refractivity contribution in [2.24, 2.45) is 10.8 Å². The van der Waals surface area contributed by atoms with Crippen LogP contribution in [0.5, 0.6) is 0 Å². The van der Waals surface area contributed by atoms with Gasteiger partial charge in [-0.2, -0.15) is 0 Å². The standard InChI is InChI=1S/C9H19.Al.2H/c1-8(2,3)7-9(4,5)6;;;/h7H,1-6H3;;;. The topological polar surface area (TPSA) is 0 Å². The molecule has 0 aliphatic rings. The Labute approximate surface area is 73.8 Å². The van der Waals surface area contributed by atoms with Gasteiger partial charge >= 0.3 is 0 Å². The third-order valence-electron chi connectivity index (χ3n) is 2.60. The molecule has 0 N–H and O–H groups in total. The number of hydrogen-bond donors (Lipinski definition) is 0. The normalized spacial score (nSPS) is 14.3. The molecule has 10 heavy (non-hydrogen) atoms. The summed E-state index contributed by atoms with van der Waals surface area (Å²) < 4.78 is 0.903. The van der Waals surface area contributed by atoms with Crippen LogP contribution in [0.4, 0.5) is 0 Å². The Morgan fingerprint density at radius 2 is 1.00 bits per heavy atom. The van der Waals surface area contributed by atoms with Crippen LogP contribution >= 0.6 is 0 Å². The van der Waals surface area contributed by atoms with Crippen molar-refractivity contribution >= 4 is 16.3 Å². The lowest BCUT2D eigenvalue weighted by Crippen LogP contribution is -2.27. The molecule has 0 aromatic carbocycles. The van der Waals surface area contributed by atoms with E-state index in [0.717, 1.165) is 4.78 Å². The molecule has 0 heterocycles. The highest BCUT2D eigenvalue weighted by molar-refractivity contribution is 6.12. The molecule has 0 radical (unpaired) electrons. The Hall–Kier alpha value is 0.532. The van der Waals surface area contributed by atoms with E-state index in [2.05, 4.69) is 41.5 Å². The van der Waals surface area contributed by atoms with E-state index in [1.807, 2.05) is 0 Å². The quantitative estimate of drug-likeness (QED) is 0.473. The van der Waals surface area contributed by atoms with Crippen molar-refractivity contribution in [2.45, 2.75) is 46.3 Å². The lowest BCUT2D eigenvalue weighted by molar-refractivity contribution is 0.235. The van der Waals surface area contributed by atoms with E-state index in [9.17, 15) is 0 Å². The van der Waals surface area contributed by atoms with Gasteiger partial charge in [0.05, 0.1) is 0 Å². The van der Waals surface area contributed by atoms with Crippen molar-refractivity contribution < 1.29 is 0 Å². The third-order valence-corrected chi connectivity index (χ3v) is 6.06. The molecule has 0 bridgehead atoms. The van der Waals surface area contributed by atoms with Gasteiger partial charge in [-0.15, -0.1) is 0 Å². The van der Waals surface area contributed by atoms with Gasteiger partial charge in [-0.25, -0.2) is 0 Å². The predicted molar refractivity (Wildman–Crippen MR) is 51.2 cm³/mol. The molecule has 0 spiro atoms. The molecule has 0 aliphatic heterocycles. The Balaban J connectivity index is 4.23. The van der Waals surface area contributed by atoms with Crippen LogP contribution in [0, 0.1) is 10.8 Å². The fourth-order valence-electron chi connectivity index (χ4n) is 1.30. The minimum absolute atomic E-state index is 0.504. The van der Waals surface area contributed by atoms with Crippen LogP contribution < -0.4 is 0 Å². The average Bonchev–Trinajstić information content (AvgIpc) is 1.59. The SMILES string of the molecule is CC(C)(C)[CH]([AlH2])C(C)(C)C. The summed E-state index contributed by atoms with van der Waals surface area (Å²) in [5, 5.41) is 0. The largest absolute Gasteiger partial charge is 0.217 e. The minimum Gasteiger partial charge on any atom is -0.0809 e. The van der Waals surface area contributed by atoms with Gasteiger partial charge in [-0.3, -0.25) is 0 Å². The molecule has 0 amide bonds. The first kappa shape index (κ1) is 10.5. The van der Waals surface area contributed by atoms with Crippen LogP contribution in [-0.4, -0.2) is 16.3 Å². The summed E-state index contributed by atoms with van der Waals surface area (Å²) in [6.45, 7) is 14.1. The van der Waals surface area contributed by atoms with Crippen molar-refractivity contribution in [3.05, 3.63) is 0 Å². The van der Waals surface area contributed by atoms with Crippen molar-refractivity contribution in [2.75, 3.05) is 0 Å². The maximum absolute atomic E-state index is 2.34. The maximum Gasteiger partial charge on any atom is 0.217 e. The third kappa shape index (κ3) is 3.08. The molecule has 0 unspecified atom stereocenters. The first-order chi connectivity index (χ1) is 4.15. The molecule has 0 aromatic rings. The molecule has 60 valence electrons. The van der Waals surface area contributed by atoms with Gasteiger partial charge in [0.25, 0.3) is 0 Å². The van der Waals surface area contributed by atoms with E-state index in [0.29, 0.717) is 10.8 Å². The molecule has 0 rings (SSSR count). The Morgan fingerprint density at radius 1 is 0.800 bits per heavy atom. The number of rotatable bonds is 0. The zero-order valence-corrected chi connectivity index (χ0v) is 10.6. The summed E-state index contributed by atoms with van der Waals surface area (Å²) in [5.41, 5.74) is 1.01. The molecule has 0 nitrogen and oxygen atoms in total. The zero-order chi connectivity index (χ0) is 8.58. The monoisotopic (exact) mass is 156 g/mol. The van der Waals surface area contributed by atoms with Crippen LogP contribution in [-0.2, 0) is 0 Å². The second kappa shape index (κ2) is 2.88. The van der Waals surface area contributed by atoms with Gasteiger partial charge in [-0.05, 0) is 10.8 Å². The van der Waals surface area contributed by atoms with Crippen LogP contribution in [0.15, 0.2) is 0 Å². The van der Waals surface area contributed by atoms with Crippen molar-refractivity contribution in [1.82, 2.24) is 0 Å². The molecule has 0 aromatic heterocycles. The molecule has 0 atom stereocenters. The van der Waals surface area contributed by atoms with Gasteiger partial charge in [0.2, 0.25) is 16.3 Å². The predicted octanol–water partition coefficient (Wildman–Crippen LogP) is 2.50. The zero-order valence-electron chi connectivity index (χ0n) is 8.58. The highest BCUT2D eigenvalue weighted by Crippen LogP contribution is 2.42. The highest BCUT2D eigenvalue weighted by atomic mass is 27.0. The van der Waals surface area contributed by atoms with Crippen LogP contribution in [0.25, 0.3) is 0 Å². The van der Waals surface area contributed by atoms with Crippen molar-refractivity contribution in [3.8, 4) is 0 Å². The molecule has 0 saturated carbocycles. The molecular weight excluding hydrogens is 135 g/mol. The van der Waals surface area contributed by atoms with E-state index in [1.165, 1.54) is 16.3 Å². The number of hydrogen-bond acceptors (Lipinski definition) is 0. The molecule has 1 heteroatoms. The molecule has 0 aliphatic carbocycles. The summed E-state index contributed by atoms with van der Waals surface area (Å²) in [7, 11) is 0. The first-order valence-corrected chi connectivity index (χ1v) is 5.31. The summed E-state index contributed by atoms with van der Waals surface area (Å²) >= 11 is 1.31. The van der Waals surface area contributed by atoms with Crippen LogP contribution in [0.1, 0.15) is 41.5 Å². The van der Waals surface area contributed by atoms with E-state index in [-0.39, 0.29) is 0 Å². The van der Waals surface area contributed by atoms with Gasteiger partial charge in [0.1, 0.15) is 0 Å². The van der Waals surface area contributed by atoms with Gasteiger partial charge < -0.3 is 0 Å². The smallest absolute Gasteiger partial charge is 0.0809 e. The summed E-state index contributed by atoms with van der Waals surface area (Å²) in [4.78, 5) is 0. The average molecular weight is 156 g/mol. The van der Waals surface area contributed by atoms with Crippen molar-refractivity contribution in [3.63, 3.8) is 0 Å². The molecule has 0 saturated heterocycles. The summed E-state index contributed by atoms with van der Waals surface area (Å²) in [6.07, 6.45) is 0. The Kier molecular flexibility index (Phi) is 3.03. The van der Waals surface area contributed by atoms with E-state index >= 15 is 0 Å². The molecular formula is C9H21Al. The van der Waals surface area contributed by atoms with Crippen LogP contribution in [0.2, 0.25) is 4.78 Å². The lowest BCUT2D eigenvalue weighted by Gasteiger charge is -2.38. The second-order valence-corrected chi connectivity index (χ2v) is 6.61. The van der Waals surface area contributed by atoms with Gasteiger partial charge in [0, 0.05) is 0 Å². The highest BCUT2D eigenvalue weighted by Gasteiger charge is 2.29. The Morgan fingerprint density at radius 3 is 1.00 bits per heavy atom. The lowest BCUT2D eigenvalue weighted by atomic mass is 9.76.